The van der Waals surface area contributed by atoms with Gasteiger partial charge in [-0.3, -0.25) is 9.59 Å². The molecule has 0 aromatic heterocycles. The first-order valence-corrected chi connectivity index (χ1v) is 7.37. The maximum Gasteiger partial charge on any atom is 0.316 e. The zero-order valence-electron chi connectivity index (χ0n) is 12.0. The van der Waals surface area contributed by atoms with Crippen LogP contribution in [0.15, 0.2) is 12.7 Å². The lowest BCUT2D eigenvalue weighted by atomic mass is 9.46. The smallest absolute Gasteiger partial charge is 0.316 e. The van der Waals surface area contributed by atoms with Gasteiger partial charge in [-0.25, -0.2) is 0 Å². The zero-order chi connectivity index (χ0) is 14.0. The summed E-state index contributed by atoms with van der Waals surface area (Å²) >= 11 is 0. The van der Waals surface area contributed by atoms with Gasteiger partial charge < -0.3 is 4.74 Å². The molecule has 0 amide bonds. The van der Waals surface area contributed by atoms with Crippen LogP contribution in [0.25, 0.3) is 0 Å². The van der Waals surface area contributed by atoms with Crippen LogP contribution in [0.1, 0.15) is 46.0 Å². The third-order valence-electron chi connectivity index (χ3n) is 4.82. The molecule has 2 aliphatic rings. The summed E-state index contributed by atoms with van der Waals surface area (Å²) in [5.74, 6) is 0.0613. The van der Waals surface area contributed by atoms with Crippen molar-refractivity contribution in [2.75, 3.05) is 6.61 Å². The first-order chi connectivity index (χ1) is 9.05. The van der Waals surface area contributed by atoms with E-state index in [-0.39, 0.29) is 17.7 Å². The van der Waals surface area contributed by atoms with E-state index in [9.17, 15) is 9.59 Å². The molecule has 0 aromatic carbocycles. The Kier molecular flexibility index (Phi) is 4.12. The van der Waals surface area contributed by atoms with E-state index in [1.54, 1.807) is 6.92 Å². The monoisotopic (exact) mass is 264 g/mol. The van der Waals surface area contributed by atoms with Crippen LogP contribution in [0.3, 0.4) is 0 Å². The number of ether oxygens (including phenoxy) is 1. The molecule has 0 N–H and O–H groups in total. The Hall–Kier alpha value is -1.12. The Balaban J connectivity index is 1.93. The third-order valence-corrected chi connectivity index (χ3v) is 4.82. The molecule has 2 rings (SSSR count). The van der Waals surface area contributed by atoms with Gasteiger partial charge in [-0.15, -0.1) is 6.58 Å². The second-order valence-electron chi connectivity index (χ2n) is 6.12. The summed E-state index contributed by atoms with van der Waals surface area (Å²) in [5, 5.41) is 0. The van der Waals surface area contributed by atoms with E-state index in [0.717, 1.165) is 12.8 Å². The molecule has 2 fully saturated rings. The zero-order valence-corrected chi connectivity index (χ0v) is 12.0. The van der Waals surface area contributed by atoms with Gasteiger partial charge >= 0.3 is 5.97 Å². The molecule has 1 unspecified atom stereocenters. The van der Waals surface area contributed by atoms with E-state index in [2.05, 4.69) is 6.58 Å². The second kappa shape index (κ2) is 5.48. The molecule has 0 aromatic rings. The number of hydrogen-bond donors (Lipinski definition) is 0. The van der Waals surface area contributed by atoms with Crippen LogP contribution in [-0.2, 0) is 14.3 Å². The highest BCUT2D eigenvalue weighted by Gasteiger charge is 2.55. The lowest BCUT2D eigenvalue weighted by molar-refractivity contribution is -0.161. The lowest BCUT2D eigenvalue weighted by Crippen LogP contribution is -2.51. The molecule has 1 atom stereocenters. The van der Waals surface area contributed by atoms with E-state index < -0.39 is 5.92 Å². The molecule has 0 bridgehead atoms. The highest BCUT2D eigenvalue weighted by molar-refractivity contribution is 5.99. The minimum absolute atomic E-state index is 0.0397. The lowest BCUT2D eigenvalue weighted by Gasteiger charge is -2.58. The van der Waals surface area contributed by atoms with Crippen LogP contribution in [-0.4, -0.2) is 18.4 Å². The first-order valence-electron chi connectivity index (χ1n) is 7.37. The summed E-state index contributed by atoms with van der Waals surface area (Å²) in [6.45, 7) is 7.78. The predicted molar refractivity (Wildman–Crippen MR) is 73.5 cm³/mol. The largest absolute Gasteiger partial charge is 0.465 e. The first kappa shape index (κ1) is 14.3. The Morgan fingerprint density at radius 1 is 1.32 bits per heavy atom. The molecule has 0 aliphatic heterocycles. The minimum atomic E-state index is -0.515. The fourth-order valence-corrected chi connectivity index (χ4v) is 3.88. The Labute approximate surface area is 115 Å². The van der Waals surface area contributed by atoms with Gasteiger partial charge in [-0.1, -0.05) is 13.0 Å². The number of ketones is 1. The van der Waals surface area contributed by atoms with Gasteiger partial charge in [0.2, 0.25) is 0 Å². The molecule has 0 heterocycles. The van der Waals surface area contributed by atoms with Crippen molar-refractivity contribution in [3.8, 4) is 0 Å². The molecular weight excluding hydrogens is 240 g/mol. The molecule has 1 spiro atoms. The van der Waals surface area contributed by atoms with Gasteiger partial charge in [0.1, 0.15) is 11.7 Å². The Bertz CT molecular complexity index is 371. The summed E-state index contributed by atoms with van der Waals surface area (Å²) in [5.41, 5.74) is 0.405. The van der Waals surface area contributed by atoms with Gasteiger partial charge in [-0.05, 0) is 49.9 Å². The topological polar surface area (TPSA) is 43.4 Å². The Morgan fingerprint density at radius 3 is 2.42 bits per heavy atom. The third kappa shape index (κ3) is 2.60. The minimum Gasteiger partial charge on any atom is -0.465 e. The van der Waals surface area contributed by atoms with Crippen LogP contribution in [0.5, 0.6) is 0 Å². The van der Waals surface area contributed by atoms with Crippen LogP contribution in [0.4, 0.5) is 0 Å². The highest BCUT2D eigenvalue weighted by Crippen LogP contribution is 2.63. The van der Waals surface area contributed by atoms with E-state index in [1.807, 2.05) is 13.0 Å². The quantitative estimate of drug-likeness (QED) is 0.420. The average Bonchev–Trinajstić information content (AvgIpc) is 2.29. The van der Waals surface area contributed by atoms with Crippen LogP contribution < -0.4 is 0 Å². The molecule has 19 heavy (non-hydrogen) atoms. The fourth-order valence-electron chi connectivity index (χ4n) is 3.88. The van der Waals surface area contributed by atoms with Crippen molar-refractivity contribution >= 4 is 11.8 Å². The predicted octanol–water partition coefficient (Wildman–Crippen LogP) is 3.14. The summed E-state index contributed by atoms with van der Waals surface area (Å²) < 4.78 is 5.07. The molecule has 3 nitrogen and oxygen atoms in total. The Morgan fingerprint density at radius 2 is 1.95 bits per heavy atom. The van der Waals surface area contributed by atoms with E-state index >= 15 is 0 Å². The van der Waals surface area contributed by atoms with Gasteiger partial charge in [0, 0.05) is 6.42 Å². The molecular formula is C16H24O3. The molecule has 0 saturated heterocycles. The van der Waals surface area contributed by atoms with Crippen molar-refractivity contribution in [1.82, 2.24) is 0 Å². The van der Waals surface area contributed by atoms with Gasteiger partial charge in [0.05, 0.1) is 6.61 Å². The normalized spacial score (nSPS) is 34.0. The molecule has 0 radical (unpaired) electrons. The second-order valence-corrected chi connectivity index (χ2v) is 6.12. The summed E-state index contributed by atoms with van der Waals surface area (Å²) in [7, 11) is 0. The average molecular weight is 264 g/mol. The van der Waals surface area contributed by atoms with Gasteiger partial charge in [-0.2, -0.15) is 0 Å². The standard InChI is InChI=1S/C16H24O3/c1-4-11-7-16(8-11)9-12(10-16)14(13(17)5-2)15(18)19-6-3/h4,11-12,14H,1,5-10H2,2-3H3. The number of Topliss-reactive ketones (excluding diaryl/α,β-unsaturated/α-hetero) is 1. The summed E-state index contributed by atoms with van der Waals surface area (Å²) in [6.07, 6.45) is 6.83. The van der Waals surface area contributed by atoms with Crippen LogP contribution >= 0.6 is 0 Å². The number of carbonyl (C=O) groups excluding carboxylic acids is 2. The summed E-state index contributed by atoms with van der Waals surface area (Å²) in [4.78, 5) is 23.9. The maximum absolute atomic E-state index is 12.0. The van der Waals surface area contributed by atoms with Gasteiger partial charge in [0.15, 0.2) is 0 Å². The van der Waals surface area contributed by atoms with Crippen molar-refractivity contribution in [3.05, 3.63) is 12.7 Å². The fraction of sp³-hybridized carbons (Fsp3) is 0.750. The number of allylic oxidation sites excluding steroid dienone is 1. The number of carbonyl (C=O) groups is 2. The van der Waals surface area contributed by atoms with E-state index in [1.165, 1.54) is 12.8 Å². The van der Waals surface area contributed by atoms with Crippen molar-refractivity contribution in [1.29, 1.82) is 0 Å². The highest BCUT2D eigenvalue weighted by atomic mass is 16.5. The SMILES string of the molecule is C=CC1CC2(C1)CC(C(C(=O)CC)C(=O)OCC)C2. The molecule has 2 saturated carbocycles. The maximum atomic E-state index is 12.0. The number of hydrogen-bond acceptors (Lipinski definition) is 3. The number of rotatable bonds is 6. The van der Waals surface area contributed by atoms with Crippen LogP contribution in [0.2, 0.25) is 0 Å². The van der Waals surface area contributed by atoms with E-state index in [4.69, 9.17) is 4.74 Å². The van der Waals surface area contributed by atoms with Gasteiger partial charge in [0.25, 0.3) is 0 Å². The van der Waals surface area contributed by atoms with Crippen molar-refractivity contribution in [2.24, 2.45) is 23.2 Å². The molecule has 106 valence electrons. The molecule has 2 aliphatic carbocycles. The van der Waals surface area contributed by atoms with Crippen LogP contribution in [0, 0.1) is 23.2 Å². The van der Waals surface area contributed by atoms with Crippen molar-refractivity contribution < 1.29 is 14.3 Å². The summed E-state index contributed by atoms with van der Waals surface area (Å²) in [6, 6.07) is 0. The molecule has 3 heteroatoms. The van der Waals surface area contributed by atoms with E-state index in [0.29, 0.717) is 24.4 Å². The number of esters is 1. The van der Waals surface area contributed by atoms with Crippen molar-refractivity contribution in [2.45, 2.75) is 46.0 Å². The van der Waals surface area contributed by atoms with Crippen molar-refractivity contribution in [3.63, 3.8) is 0 Å².